The second-order valence-electron chi connectivity index (χ2n) is 4.15. The predicted molar refractivity (Wildman–Crippen MR) is 80.0 cm³/mol. The fraction of sp³-hybridized carbons (Fsp3) is 0.0625. The second kappa shape index (κ2) is 6.26. The average Bonchev–Trinajstić information content (AvgIpc) is 2.44. The lowest BCUT2D eigenvalue weighted by atomic mass is 10.0. The monoisotopic (exact) mass is 288 g/mol. The van der Waals surface area contributed by atoms with Gasteiger partial charge in [0.25, 0.3) is 0 Å². The van der Waals surface area contributed by atoms with Crippen molar-refractivity contribution in [2.24, 2.45) is 0 Å². The van der Waals surface area contributed by atoms with Crippen LogP contribution in [0.2, 0.25) is 5.02 Å². The summed E-state index contributed by atoms with van der Waals surface area (Å²) in [5.41, 5.74) is 1.50. The SMILES string of the molecule is COc1cccc(/C(=C/c2cccc(Cl)c2)C(=O)O)c1. The molecule has 2 aromatic carbocycles. The predicted octanol–water partition coefficient (Wildman–Crippen LogP) is 3.97. The maximum absolute atomic E-state index is 11.4. The highest BCUT2D eigenvalue weighted by atomic mass is 35.5. The molecular formula is C16H13ClO3. The van der Waals surface area contributed by atoms with Crippen LogP contribution in [0.4, 0.5) is 0 Å². The van der Waals surface area contributed by atoms with Gasteiger partial charge in [0.15, 0.2) is 0 Å². The summed E-state index contributed by atoms with van der Waals surface area (Å²) in [6, 6.07) is 14.0. The van der Waals surface area contributed by atoms with Gasteiger partial charge in [0.1, 0.15) is 5.75 Å². The first-order valence-electron chi connectivity index (χ1n) is 5.95. The summed E-state index contributed by atoms with van der Waals surface area (Å²) in [6.45, 7) is 0. The first-order chi connectivity index (χ1) is 9.60. The van der Waals surface area contributed by atoms with Crippen molar-refractivity contribution in [3.63, 3.8) is 0 Å². The zero-order valence-electron chi connectivity index (χ0n) is 10.8. The van der Waals surface area contributed by atoms with E-state index in [-0.39, 0.29) is 5.57 Å². The van der Waals surface area contributed by atoms with Crippen LogP contribution < -0.4 is 4.74 Å². The fourth-order valence-corrected chi connectivity index (χ4v) is 2.02. The summed E-state index contributed by atoms with van der Waals surface area (Å²) in [6.07, 6.45) is 1.59. The fourth-order valence-electron chi connectivity index (χ4n) is 1.82. The summed E-state index contributed by atoms with van der Waals surface area (Å²) in [7, 11) is 1.54. The quantitative estimate of drug-likeness (QED) is 0.684. The molecule has 0 heterocycles. The number of hydrogen-bond acceptors (Lipinski definition) is 2. The molecular weight excluding hydrogens is 276 g/mol. The summed E-state index contributed by atoms with van der Waals surface area (Å²) < 4.78 is 5.11. The lowest BCUT2D eigenvalue weighted by molar-refractivity contribution is -0.130. The number of hydrogen-bond donors (Lipinski definition) is 1. The molecule has 20 heavy (non-hydrogen) atoms. The van der Waals surface area contributed by atoms with Crippen LogP contribution >= 0.6 is 11.6 Å². The zero-order chi connectivity index (χ0) is 14.5. The molecule has 0 amide bonds. The summed E-state index contributed by atoms with van der Waals surface area (Å²) >= 11 is 5.90. The van der Waals surface area contributed by atoms with Crippen molar-refractivity contribution in [2.45, 2.75) is 0 Å². The van der Waals surface area contributed by atoms with Gasteiger partial charge in [-0.2, -0.15) is 0 Å². The Balaban J connectivity index is 2.48. The van der Waals surface area contributed by atoms with E-state index in [2.05, 4.69) is 0 Å². The van der Waals surface area contributed by atoms with Crippen molar-refractivity contribution < 1.29 is 14.6 Å². The van der Waals surface area contributed by atoms with E-state index < -0.39 is 5.97 Å². The van der Waals surface area contributed by atoms with Crippen LogP contribution in [0.5, 0.6) is 5.75 Å². The van der Waals surface area contributed by atoms with E-state index in [1.54, 1.807) is 61.7 Å². The maximum Gasteiger partial charge on any atom is 0.336 e. The van der Waals surface area contributed by atoms with E-state index in [1.807, 2.05) is 0 Å². The summed E-state index contributed by atoms with van der Waals surface area (Å²) in [4.78, 5) is 11.4. The van der Waals surface area contributed by atoms with Gasteiger partial charge in [0.2, 0.25) is 0 Å². The van der Waals surface area contributed by atoms with Gasteiger partial charge in [-0.3, -0.25) is 0 Å². The molecule has 0 aliphatic carbocycles. The van der Waals surface area contributed by atoms with Gasteiger partial charge in [0.05, 0.1) is 12.7 Å². The Bertz CT molecular complexity index is 662. The normalized spacial score (nSPS) is 11.2. The minimum absolute atomic E-state index is 0.186. The number of carboxylic acid groups (broad SMARTS) is 1. The molecule has 0 aromatic heterocycles. The molecule has 2 rings (SSSR count). The topological polar surface area (TPSA) is 46.5 Å². The average molecular weight is 289 g/mol. The molecule has 0 fully saturated rings. The van der Waals surface area contributed by atoms with Gasteiger partial charge >= 0.3 is 5.97 Å². The smallest absolute Gasteiger partial charge is 0.336 e. The Morgan fingerprint density at radius 2 is 1.95 bits per heavy atom. The van der Waals surface area contributed by atoms with Gasteiger partial charge in [0, 0.05) is 5.02 Å². The first kappa shape index (κ1) is 14.2. The molecule has 3 nitrogen and oxygen atoms in total. The standard InChI is InChI=1S/C16H13ClO3/c1-20-14-7-3-5-12(10-14)15(16(18)19)9-11-4-2-6-13(17)8-11/h2-10H,1H3,(H,18,19)/b15-9-. The highest BCUT2D eigenvalue weighted by Crippen LogP contribution is 2.23. The van der Waals surface area contributed by atoms with Crippen LogP contribution in [0.1, 0.15) is 11.1 Å². The van der Waals surface area contributed by atoms with E-state index in [0.717, 1.165) is 5.56 Å². The molecule has 0 radical (unpaired) electrons. The van der Waals surface area contributed by atoms with Crippen molar-refractivity contribution in [1.82, 2.24) is 0 Å². The first-order valence-corrected chi connectivity index (χ1v) is 6.33. The van der Waals surface area contributed by atoms with E-state index in [1.165, 1.54) is 0 Å². The Morgan fingerprint density at radius 3 is 2.60 bits per heavy atom. The highest BCUT2D eigenvalue weighted by molar-refractivity contribution is 6.30. The Hall–Kier alpha value is -2.26. The second-order valence-corrected chi connectivity index (χ2v) is 4.59. The maximum atomic E-state index is 11.4. The van der Waals surface area contributed by atoms with Crippen LogP contribution in [0, 0.1) is 0 Å². The molecule has 0 unspecified atom stereocenters. The number of methoxy groups -OCH3 is 1. The molecule has 0 aliphatic heterocycles. The summed E-state index contributed by atoms with van der Waals surface area (Å²) in [5.74, 6) is -0.390. The molecule has 0 bridgehead atoms. The van der Waals surface area contributed by atoms with Crippen molar-refractivity contribution in [3.8, 4) is 5.75 Å². The van der Waals surface area contributed by atoms with E-state index in [4.69, 9.17) is 16.3 Å². The van der Waals surface area contributed by atoms with Crippen LogP contribution in [0.15, 0.2) is 48.5 Å². The molecule has 0 spiro atoms. The number of rotatable bonds is 4. The van der Waals surface area contributed by atoms with Crippen molar-refractivity contribution in [1.29, 1.82) is 0 Å². The molecule has 4 heteroatoms. The van der Waals surface area contributed by atoms with Crippen LogP contribution in [-0.2, 0) is 4.79 Å². The highest BCUT2D eigenvalue weighted by Gasteiger charge is 2.11. The van der Waals surface area contributed by atoms with Crippen molar-refractivity contribution in [2.75, 3.05) is 7.11 Å². The number of halogens is 1. The Labute approximate surface area is 122 Å². The third-order valence-corrected chi connectivity index (χ3v) is 3.01. The number of ether oxygens (including phenoxy) is 1. The van der Waals surface area contributed by atoms with Gasteiger partial charge in [-0.25, -0.2) is 4.79 Å². The van der Waals surface area contributed by atoms with Crippen LogP contribution in [-0.4, -0.2) is 18.2 Å². The lowest BCUT2D eigenvalue weighted by Gasteiger charge is -2.06. The number of carboxylic acids is 1. The minimum Gasteiger partial charge on any atom is -0.497 e. The third-order valence-electron chi connectivity index (χ3n) is 2.77. The number of aliphatic carboxylic acids is 1. The minimum atomic E-state index is -1.00. The molecule has 0 atom stereocenters. The summed E-state index contributed by atoms with van der Waals surface area (Å²) in [5, 5.41) is 9.94. The Morgan fingerprint density at radius 1 is 1.20 bits per heavy atom. The van der Waals surface area contributed by atoms with E-state index in [0.29, 0.717) is 16.3 Å². The van der Waals surface area contributed by atoms with E-state index in [9.17, 15) is 9.90 Å². The molecule has 0 saturated heterocycles. The van der Waals surface area contributed by atoms with Crippen LogP contribution in [0.25, 0.3) is 11.6 Å². The van der Waals surface area contributed by atoms with Crippen molar-refractivity contribution >= 4 is 29.2 Å². The number of carbonyl (C=O) groups is 1. The lowest BCUT2D eigenvalue weighted by Crippen LogP contribution is -2.00. The van der Waals surface area contributed by atoms with E-state index >= 15 is 0 Å². The van der Waals surface area contributed by atoms with Gasteiger partial charge in [-0.15, -0.1) is 0 Å². The molecule has 0 saturated carbocycles. The van der Waals surface area contributed by atoms with Gasteiger partial charge in [-0.05, 0) is 41.5 Å². The molecule has 1 N–H and O–H groups in total. The van der Waals surface area contributed by atoms with Gasteiger partial charge < -0.3 is 9.84 Å². The zero-order valence-corrected chi connectivity index (χ0v) is 11.6. The molecule has 102 valence electrons. The van der Waals surface area contributed by atoms with Crippen molar-refractivity contribution in [3.05, 3.63) is 64.7 Å². The molecule has 2 aromatic rings. The Kier molecular flexibility index (Phi) is 4.43. The van der Waals surface area contributed by atoms with Crippen LogP contribution in [0.3, 0.4) is 0 Å². The number of benzene rings is 2. The third kappa shape index (κ3) is 3.39. The van der Waals surface area contributed by atoms with Gasteiger partial charge in [-0.1, -0.05) is 35.9 Å². The molecule has 0 aliphatic rings. The largest absolute Gasteiger partial charge is 0.497 e.